The summed E-state index contributed by atoms with van der Waals surface area (Å²) in [5, 5.41) is 17.9. The van der Waals surface area contributed by atoms with Gasteiger partial charge < -0.3 is 35.6 Å². The van der Waals surface area contributed by atoms with Crippen molar-refractivity contribution in [1.29, 1.82) is 0 Å². The number of carbonyl (C=O) groups is 5. The van der Waals surface area contributed by atoms with Gasteiger partial charge in [-0.2, -0.15) is 0 Å². The molecule has 2 heterocycles. The van der Waals surface area contributed by atoms with Crippen LogP contribution in [0.15, 0.2) is 54.6 Å². The van der Waals surface area contributed by atoms with Crippen LogP contribution in [0.4, 0.5) is 0 Å². The molecule has 45 heavy (non-hydrogen) atoms. The Morgan fingerprint density at radius 3 is 2.42 bits per heavy atom. The zero-order chi connectivity index (χ0) is 32.3. The highest BCUT2D eigenvalue weighted by atomic mass is 16.5. The van der Waals surface area contributed by atoms with Crippen LogP contribution in [0.3, 0.4) is 0 Å². The number of hydrogen-bond donors (Lipinski definition) is 4. The molecule has 0 unspecified atom stereocenters. The zero-order valence-corrected chi connectivity index (χ0v) is 25.9. The summed E-state index contributed by atoms with van der Waals surface area (Å²) in [6.07, 6.45) is 2.91. The molecule has 0 aliphatic carbocycles. The fourth-order valence-corrected chi connectivity index (χ4v) is 5.71. The molecule has 2 aromatic carbocycles. The number of para-hydroxylation sites is 1. The highest BCUT2D eigenvalue weighted by Gasteiger charge is 2.36. The average Bonchev–Trinajstić information content (AvgIpc) is 3.49. The lowest BCUT2D eigenvalue weighted by Crippen LogP contribution is -2.56. The molecule has 0 aromatic heterocycles. The van der Waals surface area contributed by atoms with Gasteiger partial charge in [-0.3, -0.25) is 19.2 Å². The molecule has 0 saturated carbocycles. The Morgan fingerprint density at radius 1 is 0.956 bits per heavy atom. The maximum Gasteiger partial charge on any atom is 0.326 e. The number of carboxylic acids is 1. The largest absolute Gasteiger partial charge is 0.491 e. The molecule has 242 valence electrons. The van der Waals surface area contributed by atoms with Crippen molar-refractivity contribution >= 4 is 29.6 Å². The van der Waals surface area contributed by atoms with E-state index >= 15 is 0 Å². The van der Waals surface area contributed by atoms with Crippen LogP contribution in [0.25, 0.3) is 0 Å². The van der Waals surface area contributed by atoms with Gasteiger partial charge in [0.15, 0.2) is 0 Å². The van der Waals surface area contributed by atoms with Crippen molar-refractivity contribution in [2.45, 2.75) is 69.1 Å². The summed E-state index contributed by atoms with van der Waals surface area (Å²) in [7, 11) is 3.95. The number of nitrogens with one attached hydrogen (secondary N) is 3. The molecule has 4 rings (SSSR count). The van der Waals surface area contributed by atoms with Crippen molar-refractivity contribution in [1.82, 2.24) is 25.8 Å². The summed E-state index contributed by atoms with van der Waals surface area (Å²) >= 11 is 0. The molecule has 2 aromatic rings. The first-order valence-electron chi connectivity index (χ1n) is 15.5. The van der Waals surface area contributed by atoms with E-state index in [1.807, 2.05) is 44.4 Å². The molecule has 12 nitrogen and oxygen atoms in total. The quantitative estimate of drug-likeness (QED) is 0.324. The smallest absolute Gasteiger partial charge is 0.326 e. The highest BCUT2D eigenvalue weighted by Crippen LogP contribution is 2.24. The van der Waals surface area contributed by atoms with Crippen LogP contribution >= 0.6 is 0 Å². The Balaban J connectivity index is 1.67. The number of rotatable bonds is 8. The number of carboxylic acid groups (broad SMARTS) is 1. The second-order valence-electron chi connectivity index (χ2n) is 11.9. The number of fused-ring (bicyclic) bond motifs is 2. The minimum Gasteiger partial charge on any atom is -0.491 e. The van der Waals surface area contributed by atoms with Crippen molar-refractivity contribution in [3.8, 4) is 5.75 Å². The Labute approximate surface area is 263 Å². The van der Waals surface area contributed by atoms with E-state index < -0.39 is 48.2 Å². The molecule has 0 radical (unpaired) electrons. The third-order valence-corrected chi connectivity index (χ3v) is 8.11. The standard InChI is InChI=1S/C33H43N5O7/c1-37(2)17-9-8-15-25-32(42)38-18-10-13-23(38)21-45-28-16-7-6-14-24(28)30(40)36-27(33(43)44)20-29(39)34-26(31(41)35-25)19-22-11-4-3-5-12-22/h3-7,11-12,14,16,23,25-27H,8-10,13,15,17-21H2,1-2H3,(H,34,39)(H,35,41)(H,36,40)(H,43,44)/t23-,25-,26-,27-/m0/s1. The van der Waals surface area contributed by atoms with Crippen molar-refractivity contribution in [2.24, 2.45) is 0 Å². The number of hydrogen-bond acceptors (Lipinski definition) is 7. The fraction of sp³-hybridized carbons (Fsp3) is 0.485. The van der Waals surface area contributed by atoms with E-state index in [0.717, 1.165) is 24.9 Å². The van der Waals surface area contributed by atoms with Gasteiger partial charge in [-0.1, -0.05) is 42.5 Å². The molecule has 1 saturated heterocycles. The van der Waals surface area contributed by atoms with Gasteiger partial charge in [0.05, 0.1) is 18.0 Å². The van der Waals surface area contributed by atoms with Crippen LogP contribution in [-0.2, 0) is 25.6 Å². The van der Waals surface area contributed by atoms with Gasteiger partial charge in [0.25, 0.3) is 5.91 Å². The predicted molar refractivity (Wildman–Crippen MR) is 167 cm³/mol. The third-order valence-electron chi connectivity index (χ3n) is 8.11. The lowest BCUT2D eigenvalue weighted by Gasteiger charge is -2.30. The first kappa shape index (κ1) is 33.4. The lowest BCUT2D eigenvalue weighted by molar-refractivity contribution is -0.141. The SMILES string of the molecule is CN(C)CCCC[C@@H]1NC(=O)[C@H](Cc2ccccc2)NC(=O)C[C@@H](C(=O)O)NC(=O)c2ccccc2OC[C@@H]2CCCN2C1=O. The zero-order valence-electron chi connectivity index (χ0n) is 25.9. The van der Waals surface area contributed by atoms with Crippen LogP contribution in [0.1, 0.15) is 54.4 Å². The summed E-state index contributed by atoms with van der Waals surface area (Å²) in [5.74, 6) is -3.37. The first-order chi connectivity index (χ1) is 21.6. The number of benzene rings is 2. The van der Waals surface area contributed by atoms with Crippen molar-refractivity contribution < 1.29 is 33.8 Å². The number of nitrogens with zero attached hydrogens (tertiary/aromatic N) is 2. The third kappa shape index (κ3) is 9.52. The molecular weight excluding hydrogens is 578 g/mol. The Hall–Kier alpha value is -4.45. The molecule has 0 bridgehead atoms. The minimum absolute atomic E-state index is 0.113. The second-order valence-corrected chi connectivity index (χ2v) is 11.9. The van der Waals surface area contributed by atoms with Crippen molar-refractivity contribution in [2.75, 3.05) is 33.8 Å². The van der Waals surface area contributed by atoms with E-state index in [2.05, 4.69) is 20.9 Å². The average molecular weight is 622 g/mol. The van der Waals surface area contributed by atoms with Gasteiger partial charge in [-0.05, 0) is 70.4 Å². The van der Waals surface area contributed by atoms with Crippen molar-refractivity contribution in [3.63, 3.8) is 0 Å². The van der Waals surface area contributed by atoms with E-state index in [1.165, 1.54) is 6.07 Å². The van der Waals surface area contributed by atoms with Gasteiger partial charge in [0.1, 0.15) is 30.5 Å². The number of amides is 4. The topological polar surface area (TPSA) is 157 Å². The van der Waals surface area contributed by atoms with Crippen LogP contribution in [0.2, 0.25) is 0 Å². The van der Waals surface area contributed by atoms with Gasteiger partial charge in [0.2, 0.25) is 17.7 Å². The summed E-state index contributed by atoms with van der Waals surface area (Å²) in [6.45, 7) is 1.46. The predicted octanol–water partition coefficient (Wildman–Crippen LogP) is 1.59. The monoisotopic (exact) mass is 621 g/mol. The molecule has 4 amide bonds. The number of unbranched alkanes of at least 4 members (excludes halogenated alkanes) is 1. The van der Waals surface area contributed by atoms with E-state index in [-0.39, 0.29) is 36.3 Å². The molecule has 4 atom stereocenters. The molecule has 4 N–H and O–H groups in total. The van der Waals surface area contributed by atoms with Gasteiger partial charge in [-0.15, -0.1) is 0 Å². The molecule has 0 spiro atoms. The number of carbonyl (C=O) groups excluding carboxylic acids is 4. The van der Waals surface area contributed by atoms with Gasteiger partial charge in [-0.25, -0.2) is 4.79 Å². The van der Waals surface area contributed by atoms with E-state index in [4.69, 9.17) is 4.74 Å². The Kier molecular flexibility index (Phi) is 11.9. The molecular formula is C33H43N5O7. The minimum atomic E-state index is -1.56. The summed E-state index contributed by atoms with van der Waals surface area (Å²) < 4.78 is 6.05. The van der Waals surface area contributed by atoms with E-state index in [1.54, 1.807) is 23.1 Å². The van der Waals surface area contributed by atoms with Crippen LogP contribution < -0.4 is 20.7 Å². The number of aliphatic carboxylic acids is 1. The van der Waals surface area contributed by atoms with E-state index in [0.29, 0.717) is 25.8 Å². The second kappa shape index (κ2) is 16.0. The fourth-order valence-electron chi connectivity index (χ4n) is 5.71. The molecule has 2 aliphatic heterocycles. The van der Waals surface area contributed by atoms with Gasteiger partial charge in [0, 0.05) is 13.0 Å². The Bertz CT molecular complexity index is 1350. The maximum absolute atomic E-state index is 14.0. The number of ether oxygens (including phenoxy) is 1. The molecule has 12 heteroatoms. The summed E-state index contributed by atoms with van der Waals surface area (Å²) in [4.78, 5) is 70.1. The van der Waals surface area contributed by atoms with Crippen LogP contribution in [0.5, 0.6) is 5.75 Å². The normalized spacial score (nSPS) is 23.2. The highest BCUT2D eigenvalue weighted by molar-refractivity contribution is 6.00. The first-order valence-corrected chi connectivity index (χ1v) is 15.5. The molecule has 2 aliphatic rings. The van der Waals surface area contributed by atoms with Crippen molar-refractivity contribution in [3.05, 3.63) is 65.7 Å². The van der Waals surface area contributed by atoms with E-state index in [9.17, 15) is 29.1 Å². The lowest BCUT2D eigenvalue weighted by atomic mass is 10.0. The maximum atomic E-state index is 14.0. The Morgan fingerprint density at radius 2 is 1.69 bits per heavy atom. The summed E-state index contributed by atoms with van der Waals surface area (Å²) in [5.41, 5.74) is 0.885. The molecule has 1 fully saturated rings. The summed E-state index contributed by atoms with van der Waals surface area (Å²) in [6, 6.07) is 11.8. The van der Waals surface area contributed by atoms with Crippen LogP contribution in [-0.4, -0.2) is 102 Å². The van der Waals surface area contributed by atoms with Crippen LogP contribution in [0, 0.1) is 0 Å². The van der Waals surface area contributed by atoms with Gasteiger partial charge >= 0.3 is 5.97 Å².